The Balaban J connectivity index is 2.08. The molecule has 2 aromatic heterocycles. The second-order valence-electron chi connectivity index (χ2n) is 4.51. The van der Waals surface area contributed by atoms with Gasteiger partial charge < -0.3 is 4.42 Å². The molecule has 3 nitrogen and oxygen atoms in total. The van der Waals surface area contributed by atoms with E-state index in [1.54, 1.807) is 24.5 Å². The number of nitrogens with zero attached hydrogens (tertiary/aromatic N) is 1. The second kappa shape index (κ2) is 4.89. The lowest BCUT2D eigenvalue weighted by Crippen LogP contribution is -2.04. The Labute approximate surface area is 115 Å². The molecule has 0 radical (unpaired) electrons. The minimum Gasteiger partial charge on any atom is -0.453 e. The minimum absolute atomic E-state index is 0.208. The van der Waals surface area contributed by atoms with Crippen LogP contribution in [0, 0.1) is 5.82 Å². The van der Waals surface area contributed by atoms with Gasteiger partial charge in [-0.05, 0) is 42.3 Å². The summed E-state index contributed by atoms with van der Waals surface area (Å²) in [7, 11) is 0. The largest absolute Gasteiger partial charge is 0.453 e. The molecular weight excluding hydrogens is 257 g/mol. The number of aromatic nitrogens is 1. The Morgan fingerprint density at radius 2 is 2.15 bits per heavy atom. The maximum absolute atomic E-state index is 13.2. The van der Waals surface area contributed by atoms with E-state index in [0.29, 0.717) is 23.0 Å². The summed E-state index contributed by atoms with van der Waals surface area (Å²) in [6.45, 7) is 1.96. The van der Waals surface area contributed by atoms with Crippen LogP contribution in [-0.2, 0) is 6.42 Å². The lowest BCUT2D eigenvalue weighted by Gasteiger charge is -2.03. The first kappa shape index (κ1) is 12.5. The SMILES string of the molecule is CCc1cnccc1C(=O)c1cc2cc(F)ccc2o1. The molecule has 0 spiro atoms. The number of furan rings is 1. The molecule has 0 N–H and O–H groups in total. The van der Waals surface area contributed by atoms with Gasteiger partial charge in [0.1, 0.15) is 11.4 Å². The normalized spacial score (nSPS) is 10.9. The van der Waals surface area contributed by atoms with Crippen LogP contribution < -0.4 is 0 Å². The predicted octanol–water partition coefficient (Wildman–Crippen LogP) is 3.76. The summed E-state index contributed by atoms with van der Waals surface area (Å²) in [5.74, 6) is -0.345. The number of halogens is 1. The van der Waals surface area contributed by atoms with Crippen molar-refractivity contribution in [1.29, 1.82) is 0 Å². The summed E-state index contributed by atoms with van der Waals surface area (Å²) in [5, 5.41) is 0.584. The van der Waals surface area contributed by atoms with Crippen molar-refractivity contribution in [2.75, 3.05) is 0 Å². The van der Waals surface area contributed by atoms with Crippen molar-refractivity contribution in [3.8, 4) is 0 Å². The van der Waals surface area contributed by atoms with Crippen LogP contribution in [-0.4, -0.2) is 10.8 Å². The number of carbonyl (C=O) groups is 1. The van der Waals surface area contributed by atoms with Gasteiger partial charge in [0, 0.05) is 23.3 Å². The number of aryl methyl sites for hydroxylation is 1. The van der Waals surface area contributed by atoms with Gasteiger partial charge in [0.05, 0.1) is 0 Å². The van der Waals surface area contributed by atoms with Crippen molar-refractivity contribution in [3.63, 3.8) is 0 Å². The average Bonchev–Trinajstić information content (AvgIpc) is 2.89. The third kappa shape index (κ3) is 2.09. The van der Waals surface area contributed by atoms with Crippen molar-refractivity contribution < 1.29 is 13.6 Å². The molecule has 0 unspecified atom stereocenters. The Kier molecular flexibility index (Phi) is 3.06. The van der Waals surface area contributed by atoms with E-state index in [2.05, 4.69) is 4.98 Å². The second-order valence-corrected chi connectivity index (χ2v) is 4.51. The molecule has 100 valence electrons. The van der Waals surface area contributed by atoms with E-state index in [0.717, 1.165) is 5.56 Å². The molecule has 20 heavy (non-hydrogen) atoms. The van der Waals surface area contributed by atoms with Gasteiger partial charge in [0.2, 0.25) is 5.78 Å². The topological polar surface area (TPSA) is 43.1 Å². The van der Waals surface area contributed by atoms with E-state index >= 15 is 0 Å². The highest BCUT2D eigenvalue weighted by molar-refractivity contribution is 6.09. The number of benzene rings is 1. The maximum atomic E-state index is 13.2. The summed E-state index contributed by atoms with van der Waals surface area (Å²) in [4.78, 5) is 16.5. The number of fused-ring (bicyclic) bond motifs is 1. The maximum Gasteiger partial charge on any atom is 0.228 e. The van der Waals surface area contributed by atoms with Gasteiger partial charge >= 0.3 is 0 Å². The fourth-order valence-corrected chi connectivity index (χ4v) is 2.19. The molecule has 1 aromatic carbocycles. The Hall–Kier alpha value is -2.49. The van der Waals surface area contributed by atoms with Crippen LogP contribution in [0.1, 0.15) is 28.6 Å². The molecule has 3 rings (SSSR count). The number of carbonyl (C=O) groups excluding carboxylic acids is 1. The monoisotopic (exact) mass is 269 g/mol. The van der Waals surface area contributed by atoms with Gasteiger partial charge in [0.15, 0.2) is 5.76 Å². The molecule has 0 bridgehead atoms. The highest BCUT2D eigenvalue weighted by Crippen LogP contribution is 2.23. The summed E-state index contributed by atoms with van der Waals surface area (Å²) < 4.78 is 18.7. The molecule has 0 fully saturated rings. The number of pyridine rings is 1. The molecule has 0 aliphatic carbocycles. The zero-order valence-electron chi connectivity index (χ0n) is 10.9. The van der Waals surface area contributed by atoms with Gasteiger partial charge in [-0.2, -0.15) is 0 Å². The third-order valence-corrected chi connectivity index (χ3v) is 3.23. The highest BCUT2D eigenvalue weighted by Gasteiger charge is 2.17. The minimum atomic E-state index is -0.351. The van der Waals surface area contributed by atoms with Crippen molar-refractivity contribution in [2.24, 2.45) is 0 Å². The highest BCUT2D eigenvalue weighted by atomic mass is 19.1. The van der Waals surface area contributed by atoms with Crippen LogP contribution in [0.15, 0.2) is 47.1 Å². The molecule has 0 amide bonds. The van der Waals surface area contributed by atoms with E-state index in [1.165, 1.54) is 18.2 Å². The van der Waals surface area contributed by atoms with Gasteiger partial charge in [-0.25, -0.2) is 4.39 Å². The molecular formula is C16H12FNO2. The number of hydrogen-bond acceptors (Lipinski definition) is 3. The molecule has 3 aromatic rings. The van der Waals surface area contributed by atoms with Crippen LogP contribution in [0.3, 0.4) is 0 Å². The van der Waals surface area contributed by atoms with E-state index in [9.17, 15) is 9.18 Å². The molecule has 0 saturated carbocycles. The lowest BCUT2D eigenvalue weighted by molar-refractivity contribution is 0.101. The van der Waals surface area contributed by atoms with E-state index in [-0.39, 0.29) is 17.4 Å². The van der Waals surface area contributed by atoms with Gasteiger partial charge in [-0.3, -0.25) is 9.78 Å². The Bertz CT molecular complexity index is 792. The number of hydrogen-bond donors (Lipinski definition) is 0. The quantitative estimate of drug-likeness (QED) is 0.680. The van der Waals surface area contributed by atoms with Gasteiger partial charge in [-0.1, -0.05) is 6.92 Å². The summed E-state index contributed by atoms with van der Waals surface area (Å²) >= 11 is 0. The summed E-state index contributed by atoms with van der Waals surface area (Å²) in [6, 6.07) is 7.43. The fraction of sp³-hybridized carbons (Fsp3) is 0.125. The van der Waals surface area contributed by atoms with Gasteiger partial charge in [0.25, 0.3) is 0 Å². The van der Waals surface area contributed by atoms with Crippen LogP contribution in [0.4, 0.5) is 4.39 Å². The van der Waals surface area contributed by atoms with Crippen molar-refractivity contribution in [3.05, 3.63) is 65.4 Å². The smallest absolute Gasteiger partial charge is 0.228 e. The van der Waals surface area contributed by atoms with E-state index < -0.39 is 0 Å². The third-order valence-electron chi connectivity index (χ3n) is 3.23. The van der Waals surface area contributed by atoms with Crippen molar-refractivity contribution in [2.45, 2.75) is 13.3 Å². The predicted molar refractivity (Wildman–Crippen MR) is 73.2 cm³/mol. The first-order valence-electron chi connectivity index (χ1n) is 6.35. The summed E-state index contributed by atoms with van der Waals surface area (Å²) in [5.41, 5.74) is 1.94. The number of rotatable bonds is 3. The Morgan fingerprint density at radius 1 is 1.30 bits per heavy atom. The van der Waals surface area contributed by atoms with Crippen LogP contribution in [0.2, 0.25) is 0 Å². The van der Waals surface area contributed by atoms with Crippen molar-refractivity contribution >= 4 is 16.8 Å². The fourth-order valence-electron chi connectivity index (χ4n) is 2.19. The first-order valence-corrected chi connectivity index (χ1v) is 6.35. The molecule has 0 atom stereocenters. The standard InChI is InChI=1S/C16H12FNO2/c1-2-10-9-18-6-5-13(10)16(19)15-8-11-7-12(17)3-4-14(11)20-15/h3-9H,2H2,1H3. The van der Waals surface area contributed by atoms with Crippen LogP contribution >= 0.6 is 0 Å². The molecule has 0 aliphatic heterocycles. The molecule has 0 saturated heterocycles. The van der Waals surface area contributed by atoms with Gasteiger partial charge in [-0.15, -0.1) is 0 Å². The summed E-state index contributed by atoms with van der Waals surface area (Å²) in [6.07, 6.45) is 3.97. The first-order chi connectivity index (χ1) is 9.69. The van der Waals surface area contributed by atoms with Crippen LogP contribution in [0.25, 0.3) is 11.0 Å². The van der Waals surface area contributed by atoms with E-state index in [1.807, 2.05) is 6.92 Å². The molecule has 4 heteroatoms. The lowest BCUT2D eigenvalue weighted by atomic mass is 10.0. The molecule has 2 heterocycles. The number of ketones is 1. The zero-order valence-corrected chi connectivity index (χ0v) is 10.9. The molecule has 0 aliphatic rings. The average molecular weight is 269 g/mol. The van der Waals surface area contributed by atoms with Crippen LogP contribution in [0.5, 0.6) is 0 Å². The van der Waals surface area contributed by atoms with Crippen molar-refractivity contribution in [1.82, 2.24) is 4.98 Å². The Morgan fingerprint density at radius 3 is 2.95 bits per heavy atom. The zero-order chi connectivity index (χ0) is 14.1. The van der Waals surface area contributed by atoms with E-state index in [4.69, 9.17) is 4.42 Å².